The van der Waals surface area contributed by atoms with E-state index >= 15 is 0 Å². The number of nitro benzene ring substituents is 1. The summed E-state index contributed by atoms with van der Waals surface area (Å²) in [6, 6.07) is 2.80. The third-order valence-electron chi connectivity index (χ3n) is 2.16. The predicted molar refractivity (Wildman–Crippen MR) is 66.3 cm³/mol. The molecule has 1 rings (SSSR count). The highest BCUT2D eigenvalue weighted by Crippen LogP contribution is 2.24. The number of non-ortho nitro benzene ring substituents is 1. The number of hydrogen-bond donors (Lipinski definition) is 2. The van der Waals surface area contributed by atoms with Crippen molar-refractivity contribution in [3.05, 3.63) is 33.9 Å². The summed E-state index contributed by atoms with van der Waals surface area (Å²) in [5.41, 5.74) is -1.16. The van der Waals surface area contributed by atoms with Crippen LogP contribution in [0.3, 0.4) is 0 Å². The average molecular weight is 289 g/mol. The van der Waals surface area contributed by atoms with Crippen LogP contribution in [0.15, 0.2) is 18.2 Å². The number of nitro groups is 1. The first-order chi connectivity index (χ1) is 8.65. The Balaban J connectivity index is 3.34. The number of anilines is 1. The first kappa shape index (κ1) is 14.9. The van der Waals surface area contributed by atoms with Crippen LogP contribution in [-0.2, 0) is 10.2 Å². The summed E-state index contributed by atoms with van der Waals surface area (Å²) >= 11 is 0. The molecule has 0 saturated heterocycles. The standard InChI is InChI=1S/C9H11N3O6S/c1-11(2)19(17,18)10-8-5-6(12(15)16)3-4-7(8)9(13)14/h3-5,10H,1-2H3,(H,13,14). The van der Waals surface area contributed by atoms with Gasteiger partial charge < -0.3 is 5.11 Å². The number of carboxylic acids is 1. The number of hydrogen-bond acceptors (Lipinski definition) is 5. The van der Waals surface area contributed by atoms with Gasteiger partial charge in [-0.15, -0.1) is 0 Å². The Morgan fingerprint density at radius 2 is 2.00 bits per heavy atom. The number of nitrogens with one attached hydrogen (secondary N) is 1. The Kier molecular flexibility index (Phi) is 4.07. The molecule has 0 aliphatic rings. The summed E-state index contributed by atoms with van der Waals surface area (Å²) in [6.07, 6.45) is 0. The molecule has 0 heterocycles. The molecule has 0 amide bonds. The highest BCUT2D eigenvalue weighted by Gasteiger charge is 2.20. The van der Waals surface area contributed by atoms with Crippen LogP contribution >= 0.6 is 0 Å². The molecule has 0 aromatic heterocycles. The fraction of sp³-hybridized carbons (Fsp3) is 0.222. The van der Waals surface area contributed by atoms with Gasteiger partial charge in [-0.2, -0.15) is 12.7 Å². The highest BCUT2D eigenvalue weighted by molar-refractivity contribution is 7.90. The molecule has 104 valence electrons. The van der Waals surface area contributed by atoms with E-state index in [1.54, 1.807) is 0 Å². The quantitative estimate of drug-likeness (QED) is 0.600. The maximum absolute atomic E-state index is 11.6. The Hall–Kier alpha value is -2.20. The lowest BCUT2D eigenvalue weighted by Gasteiger charge is -2.14. The number of nitrogens with zero attached hydrogens (tertiary/aromatic N) is 2. The first-order valence-corrected chi connectivity index (χ1v) is 6.31. The van der Waals surface area contributed by atoms with E-state index in [2.05, 4.69) is 0 Å². The smallest absolute Gasteiger partial charge is 0.337 e. The van der Waals surface area contributed by atoms with Crippen molar-refractivity contribution >= 4 is 27.6 Å². The van der Waals surface area contributed by atoms with E-state index in [-0.39, 0.29) is 11.3 Å². The molecule has 0 atom stereocenters. The van der Waals surface area contributed by atoms with Crippen LogP contribution in [0.5, 0.6) is 0 Å². The Morgan fingerprint density at radius 3 is 2.42 bits per heavy atom. The van der Waals surface area contributed by atoms with Gasteiger partial charge in [-0.1, -0.05) is 0 Å². The van der Waals surface area contributed by atoms with E-state index in [4.69, 9.17) is 5.11 Å². The third kappa shape index (κ3) is 3.39. The van der Waals surface area contributed by atoms with Gasteiger partial charge in [-0.3, -0.25) is 14.8 Å². The molecular formula is C9H11N3O6S. The lowest BCUT2D eigenvalue weighted by molar-refractivity contribution is -0.384. The minimum Gasteiger partial charge on any atom is -0.478 e. The topological polar surface area (TPSA) is 130 Å². The van der Waals surface area contributed by atoms with Crippen molar-refractivity contribution in [2.24, 2.45) is 0 Å². The van der Waals surface area contributed by atoms with Gasteiger partial charge in [-0.05, 0) is 6.07 Å². The Labute approximate surface area is 108 Å². The minimum atomic E-state index is -3.95. The van der Waals surface area contributed by atoms with E-state index in [0.29, 0.717) is 0 Å². The maximum atomic E-state index is 11.6. The van der Waals surface area contributed by atoms with Gasteiger partial charge in [0.2, 0.25) is 0 Å². The summed E-state index contributed by atoms with van der Waals surface area (Å²) in [4.78, 5) is 20.8. The molecule has 0 unspecified atom stereocenters. The molecule has 0 radical (unpaired) electrons. The molecule has 0 saturated carbocycles. The van der Waals surface area contributed by atoms with Crippen molar-refractivity contribution in [3.63, 3.8) is 0 Å². The summed E-state index contributed by atoms with van der Waals surface area (Å²) in [5, 5.41) is 19.5. The van der Waals surface area contributed by atoms with E-state index in [1.165, 1.54) is 14.1 Å². The number of carboxylic acid groups (broad SMARTS) is 1. The van der Waals surface area contributed by atoms with E-state index in [1.807, 2.05) is 4.72 Å². The van der Waals surface area contributed by atoms with E-state index in [0.717, 1.165) is 22.5 Å². The average Bonchev–Trinajstić information content (AvgIpc) is 2.27. The number of aromatic carboxylic acids is 1. The Morgan fingerprint density at radius 1 is 1.42 bits per heavy atom. The molecule has 0 fully saturated rings. The van der Waals surface area contributed by atoms with Gasteiger partial charge in [-0.25, -0.2) is 4.79 Å². The third-order valence-corrected chi connectivity index (χ3v) is 3.60. The lowest BCUT2D eigenvalue weighted by atomic mass is 10.1. The Bertz CT molecular complexity index is 625. The monoisotopic (exact) mass is 289 g/mol. The van der Waals surface area contributed by atoms with Crippen LogP contribution < -0.4 is 4.72 Å². The maximum Gasteiger partial charge on any atom is 0.337 e. The van der Waals surface area contributed by atoms with Crippen LogP contribution in [0.25, 0.3) is 0 Å². The van der Waals surface area contributed by atoms with Crippen molar-refractivity contribution in [2.45, 2.75) is 0 Å². The predicted octanol–water partition coefficient (Wildman–Crippen LogP) is 0.511. The van der Waals surface area contributed by atoms with Crippen LogP contribution in [0.2, 0.25) is 0 Å². The van der Waals surface area contributed by atoms with Gasteiger partial charge >= 0.3 is 16.2 Å². The minimum absolute atomic E-state index is 0.365. The van der Waals surface area contributed by atoms with Gasteiger partial charge in [0.05, 0.1) is 16.2 Å². The van der Waals surface area contributed by atoms with Crippen LogP contribution in [-0.4, -0.2) is 42.8 Å². The summed E-state index contributed by atoms with van der Waals surface area (Å²) < 4.78 is 26.0. The SMILES string of the molecule is CN(C)S(=O)(=O)Nc1cc([N+](=O)[O-])ccc1C(=O)O. The van der Waals surface area contributed by atoms with Crippen molar-refractivity contribution in [3.8, 4) is 0 Å². The molecule has 9 nitrogen and oxygen atoms in total. The fourth-order valence-corrected chi connectivity index (χ4v) is 1.78. The zero-order chi connectivity index (χ0) is 14.8. The highest BCUT2D eigenvalue weighted by atomic mass is 32.2. The van der Waals surface area contributed by atoms with Crippen molar-refractivity contribution < 1.29 is 23.2 Å². The van der Waals surface area contributed by atoms with Gasteiger partial charge in [0.1, 0.15) is 0 Å². The molecule has 1 aromatic carbocycles. The molecule has 0 aliphatic heterocycles. The second-order valence-corrected chi connectivity index (χ2v) is 5.57. The number of rotatable bonds is 5. The molecule has 19 heavy (non-hydrogen) atoms. The molecule has 10 heteroatoms. The van der Waals surface area contributed by atoms with Crippen LogP contribution in [0.4, 0.5) is 11.4 Å². The molecule has 1 aromatic rings. The number of carbonyl (C=O) groups is 1. The second-order valence-electron chi connectivity index (χ2n) is 3.68. The number of benzene rings is 1. The largest absolute Gasteiger partial charge is 0.478 e. The van der Waals surface area contributed by atoms with Crippen molar-refractivity contribution in [2.75, 3.05) is 18.8 Å². The van der Waals surface area contributed by atoms with E-state index in [9.17, 15) is 23.3 Å². The lowest BCUT2D eigenvalue weighted by Crippen LogP contribution is -2.29. The van der Waals surface area contributed by atoms with Gasteiger partial charge in [0, 0.05) is 26.2 Å². The zero-order valence-corrected chi connectivity index (χ0v) is 10.8. The second kappa shape index (κ2) is 5.20. The van der Waals surface area contributed by atoms with Crippen molar-refractivity contribution in [1.29, 1.82) is 0 Å². The summed E-state index contributed by atoms with van der Waals surface area (Å²) in [5.74, 6) is -1.40. The zero-order valence-electron chi connectivity index (χ0n) is 10.0. The van der Waals surface area contributed by atoms with Crippen LogP contribution in [0.1, 0.15) is 10.4 Å². The first-order valence-electron chi connectivity index (χ1n) is 4.87. The summed E-state index contributed by atoms with van der Waals surface area (Å²) in [6.45, 7) is 0. The van der Waals surface area contributed by atoms with Crippen molar-refractivity contribution in [1.82, 2.24) is 4.31 Å². The molecular weight excluding hydrogens is 278 g/mol. The van der Waals surface area contributed by atoms with E-state index < -0.39 is 26.8 Å². The van der Waals surface area contributed by atoms with Crippen LogP contribution in [0, 0.1) is 10.1 Å². The molecule has 0 bridgehead atoms. The normalized spacial score (nSPS) is 11.3. The molecule has 2 N–H and O–H groups in total. The molecule has 0 spiro atoms. The molecule has 0 aliphatic carbocycles. The van der Waals surface area contributed by atoms with Gasteiger partial charge in [0.15, 0.2) is 0 Å². The summed E-state index contributed by atoms with van der Waals surface area (Å²) in [7, 11) is -1.48. The van der Waals surface area contributed by atoms with Gasteiger partial charge in [0.25, 0.3) is 5.69 Å². The fourth-order valence-electron chi connectivity index (χ4n) is 1.15.